The lowest BCUT2D eigenvalue weighted by Gasteiger charge is -2.23. The Balaban J connectivity index is 1.88. The second-order valence-electron chi connectivity index (χ2n) is 6.52. The lowest BCUT2D eigenvalue weighted by molar-refractivity contribution is -0.143. The number of carbonyl (C=O) groups is 2. The molecule has 0 spiro atoms. The minimum Gasteiger partial charge on any atom is -0.355 e. The van der Waals surface area contributed by atoms with Gasteiger partial charge in [-0.3, -0.25) is 14.6 Å². The van der Waals surface area contributed by atoms with E-state index in [0.29, 0.717) is 31.8 Å². The minimum absolute atomic E-state index is 0.0530. The average molecular weight is 303 g/mol. The fourth-order valence-corrected chi connectivity index (χ4v) is 2.44. The van der Waals surface area contributed by atoms with Crippen LogP contribution in [0, 0.1) is 11.3 Å². The first-order chi connectivity index (χ1) is 10.5. The van der Waals surface area contributed by atoms with Crippen LogP contribution in [0.4, 0.5) is 0 Å². The Hall–Kier alpha value is -1.91. The highest BCUT2D eigenvalue weighted by Crippen LogP contribution is 2.47. The maximum Gasteiger partial charge on any atom is 0.238 e. The van der Waals surface area contributed by atoms with Crippen LogP contribution in [0.15, 0.2) is 24.5 Å². The van der Waals surface area contributed by atoms with Crippen molar-refractivity contribution >= 4 is 11.8 Å². The van der Waals surface area contributed by atoms with Crippen molar-refractivity contribution in [1.82, 2.24) is 15.2 Å². The van der Waals surface area contributed by atoms with E-state index in [-0.39, 0.29) is 11.8 Å². The molecule has 2 rings (SSSR count). The van der Waals surface area contributed by atoms with E-state index in [2.05, 4.69) is 10.3 Å². The van der Waals surface area contributed by atoms with Gasteiger partial charge >= 0.3 is 0 Å². The Bertz CT molecular complexity index is 524. The molecule has 1 fully saturated rings. The van der Waals surface area contributed by atoms with Crippen molar-refractivity contribution in [3.8, 4) is 0 Å². The molecule has 1 N–H and O–H groups in total. The van der Waals surface area contributed by atoms with E-state index < -0.39 is 5.41 Å². The zero-order valence-corrected chi connectivity index (χ0v) is 13.6. The topological polar surface area (TPSA) is 62.3 Å². The molecule has 0 saturated heterocycles. The standard InChI is InChI=1S/C17H25N3O2/c1-13(2)12-19-15(21)17(7-8-17)16(22)20(3)11-6-14-4-9-18-10-5-14/h4-5,9-10,13H,6-8,11-12H2,1-3H3,(H,19,21). The molecule has 2 amide bonds. The van der Waals surface area contributed by atoms with E-state index in [1.54, 1.807) is 24.3 Å². The van der Waals surface area contributed by atoms with Crippen LogP contribution in [0.25, 0.3) is 0 Å². The van der Waals surface area contributed by atoms with Crippen LogP contribution in [-0.4, -0.2) is 41.8 Å². The van der Waals surface area contributed by atoms with Gasteiger partial charge < -0.3 is 10.2 Å². The largest absolute Gasteiger partial charge is 0.355 e. The van der Waals surface area contributed by atoms with Gasteiger partial charge in [0, 0.05) is 32.5 Å². The molecule has 1 aliphatic rings. The number of nitrogens with one attached hydrogen (secondary N) is 1. The van der Waals surface area contributed by atoms with Gasteiger partial charge in [-0.2, -0.15) is 0 Å². The van der Waals surface area contributed by atoms with E-state index in [0.717, 1.165) is 12.0 Å². The molecule has 5 nitrogen and oxygen atoms in total. The molecule has 1 saturated carbocycles. The van der Waals surface area contributed by atoms with Gasteiger partial charge in [-0.05, 0) is 42.9 Å². The van der Waals surface area contributed by atoms with Crippen LogP contribution in [0.1, 0.15) is 32.3 Å². The van der Waals surface area contributed by atoms with E-state index in [9.17, 15) is 9.59 Å². The predicted molar refractivity (Wildman–Crippen MR) is 85.1 cm³/mol. The summed E-state index contributed by atoms with van der Waals surface area (Å²) in [6, 6.07) is 3.89. The molecule has 1 aromatic rings. The predicted octanol–water partition coefficient (Wildman–Crippen LogP) is 1.63. The van der Waals surface area contributed by atoms with Crippen LogP contribution in [-0.2, 0) is 16.0 Å². The Kier molecular flexibility index (Phi) is 5.16. The normalized spacial score (nSPS) is 15.5. The molecule has 5 heteroatoms. The van der Waals surface area contributed by atoms with Crippen LogP contribution in [0.2, 0.25) is 0 Å². The molecule has 0 bridgehead atoms. The molecular weight excluding hydrogens is 278 g/mol. The van der Waals surface area contributed by atoms with Crippen LogP contribution < -0.4 is 5.32 Å². The highest BCUT2D eigenvalue weighted by molar-refractivity contribution is 6.07. The number of amides is 2. The van der Waals surface area contributed by atoms with Gasteiger partial charge in [0.05, 0.1) is 0 Å². The third-order valence-electron chi connectivity index (χ3n) is 4.10. The summed E-state index contributed by atoms with van der Waals surface area (Å²) in [7, 11) is 1.78. The van der Waals surface area contributed by atoms with E-state index in [1.807, 2.05) is 26.0 Å². The third-order valence-corrected chi connectivity index (χ3v) is 4.10. The fourth-order valence-electron chi connectivity index (χ4n) is 2.44. The summed E-state index contributed by atoms with van der Waals surface area (Å²) in [4.78, 5) is 30.5. The monoisotopic (exact) mass is 303 g/mol. The molecule has 120 valence electrons. The Morgan fingerprint density at radius 3 is 2.50 bits per heavy atom. The summed E-state index contributed by atoms with van der Waals surface area (Å²) in [5.41, 5.74) is 0.339. The highest BCUT2D eigenvalue weighted by Gasteiger charge is 2.57. The number of likely N-dealkylation sites (N-methyl/N-ethyl adjacent to an activating group) is 1. The lowest BCUT2D eigenvalue weighted by Crippen LogP contribution is -2.45. The molecule has 0 aromatic carbocycles. The molecule has 1 aromatic heterocycles. The first kappa shape index (κ1) is 16.5. The Labute approximate surface area is 132 Å². The summed E-state index contributed by atoms with van der Waals surface area (Å²) in [6.45, 7) is 5.32. The summed E-state index contributed by atoms with van der Waals surface area (Å²) in [6.07, 6.45) is 5.59. The molecule has 1 aliphatic carbocycles. The number of pyridine rings is 1. The maximum atomic E-state index is 12.6. The summed E-state index contributed by atoms with van der Waals surface area (Å²) in [5.74, 6) is 0.226. The van der Waals surface area contributed by atoms with Crippen molar-refractivity contribution in [3.63, 3.8) is 0 Å². The third kappa shape index (κ3) is 3.84. The van der Waals surface area contributed by atoms with Crippen molar-refractivity contribution in [2.75, 3.05) is 20.1 Å². The zero-order valence-electron chi connectivity index (χ0n) is 13.6. The first-order valence-corrected chi connectivity index (χ1v) is 7.88. The molecule has 22 heavy (non-hydrogen) atoms. The first-order valence-electron chi connectivity index (χ1n) is 7.88. The van der Waals surface area contributed by atoms with Crippen molar-refractivity contribution < 1.29 is 9.59 Å². The minimum atomic E-state index is -0.804. The van der Waals surface area contributed by atoms with Crippen molar-refractivity contribution in [1.29, 1.82) is 0 Å². The molecule has 0 aliphatic heterocycles. The molecule has 0 unspecified atom stereocenters. The van der Waals surface area contributed by atoms with Gasteiger partial charge in [-0.1, -0.05) is 13.8 Å². The zero-order chi connectivity index (χ0) is 16.2. The van der Waals surface area contributed by atoms with Gasteiger partial charge in [-0.25, -0.2) is 0 Å². The summed E-state index contributed by atoms with van der Waals surface area (Å²) >= 11 is 0. The molecule has 1 heterocycles. The quantitative estimate of drug-likeness (QED) is 0.779. The summed E-state index contributed by atoms with van der Waals surface area (Å²) < 4.78 is 0. The van der Waals surface area contributed by atoms with Crippen molar-refractivity contribution in [2.24, 2.45) is 11.3 Å². The SMILES string of the molecule is CC(C)CNC(=O)C1(C(=O)N(C)CCc2ccncc2)CC1. The van der Waals surface area contributed by atoms with Gasteiger partial charge in [0.25, 0.3) is 0 Å². The van der Waals surface area contributed by atoms with Crippen LogP contribution in [0.3, 0.4) is 0 Å². The van der Waals surface area contributed by atoms with E-state index in [4.69, 9.17) is 0 Å². The van der Waals surface area contributed by atoms with Gasteiger partial charge in [0.2, 0.25) is 11.8 Å². The lowest BCUT2D eigenvalue weighted by atomic mass is 10.0. The van der Waals surface area contributed by atoms with Crippen molar-refractivity contribution in [3.05, 3.63) is 30.1 Å². The number of rotatable bonds is 7. The Morgan fingerprint density at radius 2 is 1.95 bits per heavy atom. The van der Waals surface area contributed by atoms with Gasteiger partial charge in [0.15, 0.2) is 0 Å². The van der Waals surface area contributed by atoms with E-state index >= 15 is 0 Å². The molecule has 0 atom stereocenters. The van der Waals surface area contributed by atoms with Crippen LogP contribution in [0.5, 0.6) is 0 Å². The van der Waals surface area contributed by atoms with E-state index in [1.165, 1.54) is 0 Å². The number of carbonyl (C=O) groups excluding carboxylic acids is 2. The second-order valence-corrected chi connectivity index (χ2v) is 6.52. The fraction of sp³-hybridized carbons (Fsp3) is 0.588. The Morgan fingerprint density at radius 1 is 1.32 bits per heavy atom. The summed E-state index contributed by atoms with van der Waals surface area (Å²) in [5, 5.41) is 2.90. The van der Waals surface area contributed by atoms with Crippen molar-refractivity contribution in [2.45, 2.75) is 33.1 Å². The number of hydrogen-bond donors (Lipinski definition) is 1. The number of nitrogens with zero attached hydrogens (tertiary/aromatic N) is 2. The van der Waals surface area contributed by atoms with Crippen LogP contribution >= 0.6 is 0 Å². The number of aromatic nitrogens is 1. The van der Waals surface area contributed by atoms with Gasteiger partial charge in [0.1, 0.15) is 5.41 Å². The molecule has 0 radical (unpaired) electrons. The van der Waals surface area contributed by atoms with Gasteiger partial charge in [-0.15, -0.1) is 0 Å². The number of hydrogen-bond acceptors (Lipinski definition) is 3. The second kappa shape index (κ2) is 6.90. The average Bonchev–Trinajstić information content (AvgIpc) is 3.32. The smallest absolute Gasteiger partial charge is 0.238 e. The molecular formula is C17H25N3O2. The maximum absolute atomic E-state index is 12.6. The highest BCUT2D eigenvalue weighted by atomic mass is 16.2.